The van der Waals surface area contributed by atoms with Gasteiger partial charge in [0.05, 0.1) is 0 Å². The molecule has 0 spiro atoms. The van der Waals surface area contributed by atoms with Crippen LogP contribution in [-0.2, 0) is 6.42 Å². The van der Waals surface area contributed by atoms with Gasteiger partial charge < -0.3 is 10.6 Å². The molecule has 3 rings (SSSR count). The molecular weight excluding hydrogens is 336 g/mol. The summed E-state index contributed by atoms with van der Waals surface area (Å²) in [5.74, 6) is 0.423. The molecule has 0 bridgehead atoms. The van der Waals surface area contributed by atoms with Gasteiger partial charge in [0, 0.05) is 18.3 Å². The Labute approximate surface area is 159 Å². The van der Waals surface area contributed by atoms with Gasteiger partial charge in [-0.1, -0.05) is 48.5 Å². The van der Waals surface area contributed by atoms with Crippen LogP contribution in [0.1, 0.15) is 33.6 Å². The van der Waals surface area contributed by atoms with Crippen LogP contribution in [0.5, 0.6) is 0 Å². The lowest BCUT2D eigenvalue weighted by atomic mass is 10.1. The fraction of sp³-hybridized carbons (Fsp3) is 0.227. The van der Waals surface area contributed by atoms with Gasteiger partial charge in [-0.3, -0.25) is 4.79 Å². The molecule has 3 aromatic rings. The van der Waals surface area contributed by atoms with Gasteiger partial charge in [0.2, 0.25) is 0 Å². The summed E-state index contributed by atoms with van der Waals surface area (Å²) in [6.45, 7) is 4.73. The quantitative estimate of drug-likeness (QED) is 0.613. The fourth-order valence-electron chi connectivity index (χ4n) is 2.92. The van der Waals surface area contributed by atoms with Crippen molar-refractivity contribution in [3.8, 4) is 0 Å². The van der Waals surface area contributed by atoms with Gasteiger partial charge in [-0.2, -0.15) is 0 Å². The number of carbonyl (C=O) groups is 1. The molecule has 27 heavy (non-hydrogen) atoms. The minimum absolute atomic E-state index is 0.234. The van der Waals surface area contributed by atoms with Crippen molar-refractivity contribution in [3.05, 3.63) is 83.3 Å². The third kappa shape index (κ3) is 5.14. The molecule has 5 heteroatoms. The second kappa shape index (κ2) is 8.94. The number of aryl methyl sites for hydroxylation is 3. The molecule has 0 unspecified atom stereocenters. The van der Waals surface area contributed by atoms with E-state index < -0.39 is 0 Å². The average molecular weight is 360 g/mol. The van der Waals surface area contributed by atoms with Crippen molar-refractivity contribution < 1.29 is 4.79 Å². The van der Waals surface area contributed by atoms with Crippen LogP contribution < -0.4 is 10.6 Å². The standard InChI is InChI=1S/C22H24N4O/c1-16-8-6-9-17(2)21(16)26-22(27)19-14-20(25-15-24-19)23-13-7-12-18-10-4-3-5-11-18/h3-6,8-11,14-15H,7,12-13H2,1-2H3,(H,26,27)(H,23,24,25). The Morgan fingerprint density at radius 2 is 1.70 bits per heavy atom. The van der Waals surface area contributed by atoms with Crippen LogP contribution in [0.2, 0.25) is 0 Å². The largest absolute Gasteiger partial charge is 0.370 e. The number of amides is 1. The molecule has 0 atom stereocenters. The van der Waals surface area contributed by atoms with E-state index in [1.165, 1.54) is 11.9 Å². The molecule has 0 radical (unpaired) electrons. The maximum atomic E-state index is 12.6. The highest BCUT2D eigenvalue weighted by molar-refractivity contribution is 6.04. The van der Waals surface area contributed by atoms with Crippen molar-refractivity contribution in [1.82, 2.24) is 9.97 Å². The van der Waals surface area contributed by atoms with Gasteiger partial charge >= 0.3 is 0 Å². The van der Waals surface area contributed by atoms with Crippen molar-refractivity contribution in [2.24, 2.45) is 0 Å². The molecule has 1 aromatic heterocycles. The Kier molecular flexibility index (Phi) is 6.15. The van der Waals surface area contributed by atoms with E-state index in [4.69, 9.17) is 0 Å². The van der Waals surface area contributed by atoms with Crippen LogP contribution in [0.3, 0.4) is 0 Å². The molecule has 138 valence electrons. The molecule has 0 saturated heterocycles. The summed E-state index contributed by atoms with van der Waals surface area (Å²) in [6.07, 6.45) is 3.40. The molecule has 0 aliphatic heterocycles. The van der Waals surface area contributed by atoms with E-state index in [1.54, 1.807) is 6.07 Å². The fourth-order valence-corrected chi connectivity index (χ4v) is 2.92. The van der Waals surface area contributed by atoms with Gasteiger partial charge in [-0.25, -0.2) is 9.97 Å². The predicted molar refractivity (Wildman–Crippen MR) is 109 cm³/mol. The van der Waals surface area contributed by atoms with Gasteiger partial charge in [-0.05, 0) is 43.4 Å². The normalized spacial score (nSPS) is 10.4. The maximum absolute atomic E-state index is 12.6. The first kappa shape index (κ1) is 18.6. The van der Waals surface area contributed by atoms with Gasteiger partial charge in [0.1, 0.15) is 17.8 Å². The highest BCUT2D eigenvalue weighted by Gasteiger charge is 2.12. The van der Waals surface area contributed by atoms with Crippen molar-refractivity contribution in [2.45, 2.75) is 26.7 Å². The SMILES string of the molecule is Cc1cccc(C)c1NC(=O)c1cc(NCCCc2ccccc2)ncn1. The Bertz CT molecular complexity index is 889. The number of hydrogen-bond acceptors (Lipinski definition) is 4. The third-order valence-electron chi connectivity index (χ3n) is 4.41. The first-order chi connectivity index (χ1) is 13.1. The first-order valence-corrected chi connectivity index (χ1v) is 9.11. The number of anilines is 2. The average Bonchev–Trinajstić information content (AvgIpc) is 2.69. The van der Waals surface area contributed by atoms with Gasteiger partial charge in [-0.15, -0.1) is 0 Å². The van der Waals surface area contributed by atoms with E-state index in [0.717, 1.165) is 36.2 Å². The monoisotopic (exact) mass is 360 g/mol. The molecule has 2 N–H and O–H groups in total. The van der Waals surface area contributed by atoms with E-state index >= 15 is 0 Å². The molecule has 1 amide bonds. The number of carbonyl (C=O) groups excluding carboxylic acids is 1. The number of hydrogen-bond donors (Lipinski definition) is 2. The topological polar surface area (TPSA) is 66.9 Å². The second-order valence-electron chi connectivity index (χ2n) is 6.53. The molecule has 0 aliphatic carbocycles. The van der Waals surface area contributed by atoms with Crippen LogP contribution in [0.15, 0.2) is 60.9 Å². The lowest BCUT2D eigenvalue weighted by Crippen LogP contribution is -2.16. The zero-order chi connectivity index (χ0) is 19.1. The maximum Gasteiger partial charge on any atom is 0.274 e. The van der Waals surface area contributed by atoms with Crippen molar-refractivity contribution in [3.63, 3.8) is 0 Å². The summed E-state index contributed by atoms with van der Waals surface area (Å²) in [5, 5.41) is 6.22. The molecule has 5 nitrogen and oxygen atoms in total. The molecule has 1 heterocycles. The van der Waals surface area contributed by atoms with Crippen molar-refractivity contribution >= 4 is 17.4 Å². The van der Waals surface area contributed by atoms with Crippen LogP contribution >= 0.6 is 0 Å². The van der Waals surface area contributed by atoms with Gasteiger partial charge in [0.25, 0.3) is 5.91 Å². The van der Waals surface area contributed by atoms with E-state index in [2.05, 4.69) is 32.7 Å². The van der Waals surface area contributed by atoms with E-state index in [0.29, 0.717) is 11.5 Å². The van der Waals surface area contributed by atoms with Gasteiger partial charge in [0.15, 0.2) is 0 Å². The van der Waals surface area contributed by atoms with E-state index in [-0.39, 0.29) is 5.91 Å². The van der Waals surface area contributed by atoms with Crippen LogP contribution in [0.4, 0.5) is 11.5 Å². The van der Waals surface area contributed by atoms with Crippen LogP contribution in [0.25, 0.3) is 0 Å². The summed E-state index contributed by atoms with van der Waals surface area (Å²) in [7, 11) is 0. The Morgan fingerprint density at radius 3 is 2.44 bits per heavy atom. The number of rotatable bonds is 7. The zero-order valence-electron chi connectivity index (χ0n) is 15.7. The highest BCUT2D eigenvalue weighted by Crippen LogP contribution is 2.20. The molecule has 2 aromatic carbocycles. The predicted octanol–water partition coefficient (Wildman–Crippen LogP) is 4.39. The number of benzene rings is 2. The van der Waals surface area contributed by atoms with Crippen molar-refractivity contribution in [2.75, 3.05) is 17.2 Å². The molecule has 0 saturated carbocycles. The molecule has 0 aliphatic rings. The minimum atomic E-state index is -0.234. The lowest BCUT2D eigenvalue weighted by Gasteiger charge is -2.11. The van der Waals surface area contributed by atoms with E-state index in [1.807, 2.05) is 50.2 Å². The summed E-state index contributed by atoms with van der Waals surface area (Å²) >= 11 is 0. The van der Waals surface area contributed by atoms with Crippen LogP contribution in [-0.4, -0.2) is 22.4 Å². The second-order valence-corrected chi connectivity index (χ2v) is 6.53. The Hall–Kier alpha value is -3.21. The third-order valence-corrected chi connectivity index (χ3v) is 4.41. The highest BCUT2D eigenvalue weighted by atomic mass is 16.1. The van der Waals surface area contributed by atoms with Crippen molar-refractivity contribution in [1.29, 1.82) is 0 Å². The zero-order valence-corrected chi connectivity index (χ0v) is 15.7. The summed E-state index contributed by atoms with van der Waals surface area (Å²) in [4.78, 5) is 20.9. The summed E-state index contributed by atoms with van der Waals surface area (Å²) < 4.78 is 0. The summed E-state index contributed by atoms with van der Waals surface area (Å²) in [5.41, 5.74) is 4.54. The Balaban J connectivity index is 1.57. The van der Waals surface area contributed by atoms with E-state index in [9.17, 15) is 4.79 Å². The number of nitrogens with one attached hydrogen (secondary N) is 2. The lowest BCUT2D eigenvalue weighted by molar-refractivity contribution is 0.102. The molecule has 0 fully saturated rings. The minimum Gasteiger partial charge on any atom is -0.370 e. The number of aromatic nitrogens is 2. The first-order valence-electron chi connectivity index (χ1n) is 9.11. The van der Waals surface area contributed by atoms with Crippen LogP contribution in [0, 0.1) is 13.8 Å². The number of nitrogens with zero attached hydrogens (tertiary/aromatic N) is 2. The smallest absolute Gasteiger partial charge is 0.274 e. The summed E-state index contributed by atoms with van der Waals surface area (Å²) in [6, 6.07) is 18.0. The Morgan fingerprint density at radius 1 is 0.963 bits per heavy atom. The number of para-hydroxylation sites is 1. The molecular formula is C22H24N4O.